The SMILES string of the molecule is COc1ccc(Br)cc1CSc1nnc(CN)n1C(C)C. The van der Waals surface area contributed by atoms with Gasteiger partial charge in [-0.25, -0.2) is 0 Å². The number of ether oxygens (including phenoxy) is 1. The number of benzene rings is 1. The zero-order valence-electron chi connectivity index (χ0n) is 12.3. The van der Waals surface area contributed by atoms with Crippen LogP contribution in [-0.4, -0.2) is 21.9 Å². The lowest BCUT2D eigenvalue weighted by Crippen LogP contribution is -2.11. The highest BCUT2D eigenvalue weighted by atomic mass is 79.9. The molecule has 1 heterocycles. The van der Waals surface area contributed by atoms with Crippen LogP contribution in [0, 0.1) is 0 Å². The third kappa shape index (κ3) is 3.78. The molecule has 5 nitrogen and oxygen atoms in total. The van der Waals surface area contributed by atoms with Crippen molar-refractivity contribution in [3.05, 3.63) is 34.1 Å². The molecule has 0 atom stereocenters. The molecule has 0 amide bonds. The zero-order valence-corrected chi connectivity index (χ0v) is 14.7. The highest BCUT2D eigenvalue weighted by molar-refractivity contribution is 9.10. The van der Waals surface area contributed by atoms with E-state index in [1.807, 2.05) is 12.1 Å². The number of hydrogen-bond acceptors (Lipinski definition) is 5. The number of aromatic nitrogens is 3. The van der Waals surface area contributed by atoms with E-state index >= 15 is 0 Å². The van der Waals surface area contributed by atoms with Crippen molar-refractivity contribution < 1.29 is 4.74 Å². The Hall–Kier alpha value is -1.05. The first-order valence-corrected chi connectivity index (χ1v) is 8.43. The Kier molecular flexibility index (Phi) is 5.66. The summed E-state index contributed by atoms with van der Waals surface area (Å²) in [5.41, 5.74) is 6.83. The monoisotopic (exact) mass is 370 g/mol. The number of nitrogens with two attached hydrogens (primary N) is 1. The van der Waals surface area contributed by atoms with Crippen molar-refractivity contribution >= 4 is 27.7 Å². The van der Waals surface area contributed by atoms with Gasteiger partial charge in [-0.15, -0.1) is 10.2 Å². The summed E-state index contributed by atoms with van der Waals surface area (Å²) in [6, 6.07) is 6.27. The molecule has 0 aliphatic rings. The van der Waals surface area contributed by atoms with Crippen LogP contribution in [0.2, 0.25) is 0 Å². The molecule has 0 radical (unpaired) electrons. The predicted octanol–water partition coefficient (Wildman–Crippen LogP) is 3.38. The Bertz CT molecular complexity index is 615. The Morgan fingerprint density at radius 2 is 2.14 bits per heavy atom. The van der Waals surface area contributed by atoms with Crippen LogP contribution in [0.5, 0.6) is 5.75 Å². The van der Waals surface area contributed by atoms with Crippen molar-refractivity contribution in [2.24, 2.45) is 5.73 Å². The van der Waals surface area contributed by atoms with E-state index < -0.39 is 0 Å². The number of nitrogens with zero attached hydrogens (tertiary/aromatic N) is 3. The molecule has 0 saturated carbocycles. The van der Waals surface area contributed by atoms with Gasteiger partial charge in [0, 0.05) is 21.8 Å². The molecule has 114 valence electrons. The number of hydrogen-bond donors (Lipinski definition) is 1. The molecule has 0 aliphatic heterocycles. The maximum absolute atomic E-state index is 5.72. The molecule has 1 aromatic heterocycles. The van der Waals surface area contributed by atoms with Gasteiger partial charge >= 0.3 is 0 Å². The van der Waals surface area contributed by atoms with E-state index in [4.69, 9.17) is 10.5 Å². The van der Waals surface area contributed by atoms with Crippen LogP contribution in [0.25, 0.3) is 0 Å². The summed E-state index contributed by atoms with van der Waals surface area (Å²) >= 11 is 5.13. The lowest BCUT2D eigenvalue weighted by atomic mass is 10.2. The van der Waals surface area contributed by atoms with Gasteiger partial charge < -0.3 is 15.0 Å². The molecular formula is C14H19BrN4OS. The minimum atomic E-state index is 0.283. The van der Waals surface area contributed by atoms with Crippen LogP contribution >= 0.6 is 27.7 Å². The van der Waals surface area contributed by atoms with E-state index in [0.717, 1.165) is 32.5 Å². The first kappa shape index (κ1) is 16.3. The molecule has 1 aromatic carbocycles. The maximum Gasteiger partial charge on any atom is 0.191 e. The lowest BCUT2D eigenvalue weighted by Gasteiger charge is -2.13. The molecule has 0 bridgehead atoms. The Morgan fingerprint density at radius 3 is 2.76 bits per heavy atom. The number of halogens is 1. The summed E-state index contributed by atoms with van der Waals surface area (Å²) < 4.78 is 8.51. The van der Waals surface area contributed by atoms with Crippen molar-refractivity contribution in [1.82, 2.24) is 14.8 Å². The summed E-state index contributed by atoms with van der Waals surface area (Å²) in [6.45, 7) is 4.60. The zero-order chi connectivity index (χ0) is 15.4. The molecular weight excluding hydrogens is 352 g/mol. The minimum absolute atomic E-state index is 0.283. The summed E-state index contributed by atoms with van der Waals surface area (Å²) in [5, 5.41) is 9.28. The number of methoxy groups -OCH3 is 1. The first-order chi connectivity index (χ1) is 10.1. The Labute approximate surface area is 137 Å². The normalized spacial score (nSPS) is 11.1. The quantitative estimate of drug-likeness (QED) is 0.789. The molecule has 0 spiro atoms. The van der Waals surface area contributed by atoms with E-state index in [0.29, 0.717) is 6.54 Å². The van der Waals surface area contributed by atoms with Crippen LogP contribution < -0.4 is 10.5 Å². The largest absolute Gasteiger partial charge is 0.496 e. The average Bonchev–Trinajstić information content (AvgIpc) is 2.88. The van der Waals surface area contributed by atoms with Gasteiger partial charge in [-0.1, -0.05) is 27.7 Å². The van der Waals surface area contributed by atoms with Crippen molar-refractivity contribution in [3.63, 3.8) is 0 Å². The summed E-state index contributed by atoms with van der Waals surface area (Å²) in [5.74, 6) is 2.45. The summed E-state index contributed by atoms with van der Waals surface area (Å²) in [7, 11) is 1.68. The molecule has 0 aliphatic carbocycles. The fourth-order valence-corrected chi connectivity index (χ4v) is 3.54. The highest BCUT2D eigenvalue weighted by Crippen LogP contribution is 2.30. The van der Waals surface area contributed by atoms with Crippen molar-refractivity contribution in [2.75, 3.05) is 7.11 Å². The van der Waals surface area contributed by atoms with Crippen LogP contribution in [0.3, 0.4) is 0 Å². The number of thioether (sulfide) groups is 1. The lowest BCUT2D eigenvalue weighted by molar-refractivity contribution is 0.411. The summed E-state index contributed by atoms with van der Waals surface area (Å²) in [4.78, 5) is 0. The average molecular weight is 371 g/mol. The topological polar surface area (TPSA) is 66.0 Å². The van der Waals surface area contributed by atoms with Crippen molar-refractivity contribution in [2.45, 2.75) is 37.3 Å². The van der Waals surface area contributed by atoms with E-state index in [1.165, 1.54) is 0 Å². The predicted molar refractivity (Wildman–Crippen MR) is 88.6 cm³/mol. The fraction of sp³-hybridized carbons (Fsp3) is 0.429. The first-order valence-electron chi connectivity index (χ1n) is 6.65. The van der Waals surface area contributed by atoms with Gasteiger partial charge in [0.25, 0.3) is 0 Å². The molecule has 0 fully saturated rings. The molecule has 0 unspecified atom stereocenters. The van der Waals surface area contributed by atoms with Gasteiger partial charge in [-0.05, 0) is 32.0 Å². The van der Waals surface area contributed by atoms with Crippen LogP contribution in [0.4, 0.5) is 0 Å². The van der Waals surface area contributed by atoms with E-state index in [9.17, 15) is 0 Å². The molecule has 2 aromatic rings. The van der Waals surface area contributed by atoms with E-state index in [-0.39, 0.29) is 6.04 Å². The number of rotatable bonds is 6. The second kappa shape index (κ2) is 7.29. The van der Waals surface area contributed by atoms with Gasteiger partial charge in [0.15, 0.2) is 5.16 Å². The van der Waals surface area contributed by atoms with Crippen molar-refractivity contribution in [1.29, 1.82) is 0 Å². The second-order valence-electron chi connectivity index (χ2n) is 4.81. The third-order valence-corrected chi connectivity index (χ3v) is 4.52. The molecule has 2 N–H and O–H groups in total. The van der Waals surface area contributed by atoms with E-state index in [2.05, 4.69) is 50.6 Å². The fourth-order valence-electron chi connectivity index (χ4n) is 2.07. The maximum atomic E-state index is 5.72. The van der Waals surface area contributed by atoms with Gasteiger partial charge in [0.2, 0.25) is 0 Å². The standard InChI is InChI=1S/C14H19BrN4OS/c1-9(2)19-13(7-16)17-18-14(19)21-8-10-6-11(15)4-5-12(10)20-3/h4-6,9H,7-8,16H2,1-3H3. The second-order valence-corrected chi connectivity index (χ2v) is 6.67. The van der Waals surface area contributed by atoms with Crippen LogP contribution in [0.1, 0.15) is 31.3 Å². The molecule has 2 rings (SSSR count). The van der Waals surface area contributed by atoms with Gasteiger partial charge in [0.1, 0.15) is 11.6 Å². The highest BCUT2D eigenvalue weighted by Gasteiger charge is 2.15. The third-order valence-electron chi connectivity index (χ3n) is 3.03. The van der Waals surface area contributed by atoms with Gasteiger partial charge in [-0.3, -0.25) is 0 Å². The molecule has 21 heavy (non-hydrogen) atoms. The van der Waals surface area contributed by atoms with Gasteiger partial charge in [-0.2, -0.15) is 0 Å². The van der Waals surface area contributed by atoms with Crippen molar-refractivity contribution in [3.8, 4) is 5.75 Å². The minimum Gasteiger partial charge on any atom is -0.496 e. The molecule has 0 saturated heterocycles. The molecule has 7 heteroatoms. The van der Waals surface area contributed by atoms with Crippen LogP contribution in [0.15, 0.2) is 27.8 Å². The Morgan fingerprint density at radius 1 is 1.38 bits per heavy atom. The summed E-state index contributed by atoms with van der Waals surface area (Å²) in [6.07, 6.45) is 0. The van der Waals surface area contributed by atoms with Crippen LogP contribution in [-0.2, 0) is 12.3 Å². The van der Waals surface area contributed by atoms with E-state index in [1.54, 1.807) is 18.9 Å². The smallest absolute Gasteiger partial charge is 0.191 e. The van der Waals surface area contributed by atoms with Gasteiger partial charge in [0.05, 0.1) is 13.7 Å². The Balaban J connectivity index is 2.21.